The molecular weight excluding hydrogens is 257 g/mol. The first-order valence-corrected chi connectivity index (χ1v) is 6.10. The van der Waals surface area contributed by atoms with Gasteiger partial charge in [0.15, 0.2) is 0 Å². The number of nitrogens with zero attached hydrogens (tertiary/aromatic N) is 1. The van der Waals surface area contributed by atoms with Gasteiger partial charge in [-0.25, -0.2) is 0 Å². The molecule has 3 nitrogen and oxygen atoms in total. The highest BCUT2D eigenvalue weighted by molar-refractivity contribution is 5.77. The first-order valence-electron chi connectivity index (χ1n) is 6.10. The molecule has 1 aromatic carbocycles. The van der Waals surface area contributed by atoms with Gasteiger partial charge in [-0.15, -0.1) is 0 Å². The molecule has 1 fully saturated rings. The number of carbonyl (C=O) groups excluding carboxylic acids is 1. The number of benzene rings is 1. The van der Waals surface area contributed by atoms with Crippen molar-refractivity contribution in [3.8, 4) is 0 Å². The van der Waals surface area contributed by atoms with E-state index in [1.807, 2.05) is 0 Å². The maximum Gasteiger partial charge on any atom is 0.418 e. The topological polar surface area (TPSA) is 46.3 Å². The number of primary amides is 1. The Labute approximate surface area is 109 Å². The van der Waals surface area contributed by atoms with E-state index >= 15 is 0 Å². The van der Waals surface area contributed by atoms with Crippen molar-refractivity contribution in [1.29, 1.82) is 0 Å². The minimum absolute atomic E-state index is 0.126. The molecule has 19 heavy (non-hydrogen) atoms. The van der Waals surface area contributed by atoms with Gasteiger partial charge in [-0.3, -0.25) is 4.79 Å². The number of anilines is 1. The lowest BCUT2D eigenvalue weighted by Gasteiger charge is -2.34. The number of hydrogen-bond acceptors (Lipinski definition) is 2. The van der Waals surface area contributed by atoms with E-state index in [9.17, 15) is 18.0 Å². The van der Waals surface area contributed by atoms with E-state index in [0.29, 0.717) is 19.4 Å². The standard InChI is InChI=1S/C13H15F3N2O/c14-13(15,16)10-5-1-2-6-11(10)18-7-3-4-9(8-18)12(17)19/h1-2,5-6,9H,3-4,7-8H2,(H2,17,19). The molecule has 6 heteroatoms. The summed E-state index contributed by atoms with van der Waals surface area (Å²) in [6.07, 6.45) is -3.09. The lowest BCUT2D eigenvalue weighted by atomic mass is 9.96. The molecule has 2 rings (SSSR count). The molecule has 2 N–H and O–H groups in total. The number of piperidine rings is 1. The van der Waals surface area contributed by atoms with E-state index in [1.165, 1.54) is 12.1 Å². The second-order valence-electron chi connectivity index (χ2n) is 4.70. The van der Waals surface area contributed by atoms with E-state index in [4.69, 9.17) is 5.73 Å². The van der Waals surface area contributed by atoms with Crippen LogP contribution in [0.25, 0.3) is 0 Å². The van der Waals surface area contributed by atoms with Crippen LogP contribution in [0.15, 0.2) is 24.3 Å². The third-order valence-electron chi connectivity index (χ3n) is 3.37. The van der Waals surface area contributed by atoms with Crippen LogP contribution in [0.3, 0.4) is 0 Å². The molecular formula is C13H15F3N2O. The van der Waals surface area contributed by atoms with Crippen LogP contribution >= 0.6 is 0 Å². The van der Waals surface area contributed by atoms with Gasteiger partial charge >= 0.3 is 6.18 Å². The quantitative estimate of drug-likeness (QED) is 0.898. The molecule has 104 valence electrons. The highest BCUT2D eigenvalue weighted by Crippen LogP contribution is 2.37. The summed E-state index contributed by atoms with van der Waals surface area (Å²) in [6, 6.07) is 5.43. The SMILES string of the molecule is NC(=O)C1CCCN(c2ccccc2C(F)(F)F)C1. The maximum atomic E-state index is 12.9. The number of hydrogen-bond donors (Lipinski definition) is 1. The fraction of sp³-hybridized carbons (Fsp3) is 0.462. The normalized spacial score (nSPS) is 20.4. The zero-order chi connectivity index (χ0) is 14.0. The maximum absolute atomic E-state index is 12.9. The zero-order valence-corrected chi connectivity index (χ0v) is 10.3. The molecule has 0 spiro atoms. The molecule has 1 aromatic rings. The Morgan fingerprint density at radius 2 is 2.00 bits per heavy atom. The average Bonchev–Trinajstić information content (AvgIpc) is 2.38. The Kier molecular flexibility index (Phi) is 3.68. The van der Waals surface area contributed by atoms with Crippen LogP contribution in [-0.2, 0) is 11.0 Å². The summed E-state index contributed by atoms with van der Waals surface area (Å²) in [5, 5.41) is 0. The first-order chi connectivity index (χ1) is 8.89. The molecule has 0 radical (unpaired) electrons. The van der Waals surface area contributed by atoms with Crippen LogP contribution in [0.4, 0.5) is 18.9 Å². The van der Waals surface area contributed by atoms with Gasteiger partial charge < -0.3 is 10.6 Å². The molecule has 1 atom stereocenters. The van der Waals surface area contributed by atoms with Crippen molar-refractivity contribution in [2.75, 3.05) is 18.0 Å². The minimum Gasteiger partial charge on any atom is -0.370 e. The van der Waals surface area contributed by atoms with Crippen molar-refractivity contribution in [3.05, 3.63) is 29.8 Å². The van der Waals surface area contributed by atoms with Crippen LogP contribution in [0.1, 0.15) is 18.4 Å². The Morgan fingerprint density at radius 3 is 2.63 bits per heavy atom. The van der Waals surface area contributed by atoms with Gasteiger partial charge in [0.1, 0.15) is 0 Å². The Bertz CT molecular complexity index is 473. The molecule has 1 saturated heterocycles. The van der Waals surface area contributed by atoms with Crippen LogP contribution < -0.4 is 10.6 Å². The van der Waals surface area contributed by atoms with Crippen molar-refractivity contribution in [2.24, 2.45) is 11.7 Å². The number of amides is 1. The highest BCUT2D eigenvalue weighted by Gasteiger charge is 2.35. The second-order valence-corrected chi connectivity index (χ2v) is 4.70. The van der Waals surface area contributed by atoms with Gasteiger partial charge in [0.05, 0.1) is 11.5 Å². The van der Waals surface area contributed by atoms with E-state index in [-0.39, 0.29) is 18.2 Å². The van der Waals surface area contributed by atoms with E-state index in [0.717, 1.165) is 6.07 Å². The Balaban J connectivity index is 2.29. The largest absolute Gasteiger partial charge is 0.418 e. The predicted molar refractivity (Wildman–Crippen MR) is 65.6 cm³/mol. The summed E-state index contributed by atoms with van der Waals surface area (Å²) in [7, 11) is 0. The number of para-hydroxylation sites is 1. The lowest BCUT2D eigenvalue weighted by molar-refractivity contribution is -0.137. The second kappa shape index (κ2) is 5.11. The van der Waals surface area contributed by atoms with Gasteiger partial charge in [0.25, 0.3) is 0 Å². The summed E-state index contributed by atoms with van der Waals surface area (Å²) in [5.41, 5.74) is 4.70. The molecule has 1 unspecified atom stereocenters. The molecule has 1 heterocycles. The molecule has 1 amide bonds. The molecule has 0 bridgehead atoms. The molecule has 0 aliphatic carbocycles. The van der Waals surface area contributed by atoms with Crippen LogP contribution in [0, 0.1) is 5.92 Å². The highest BCUT2D eigenvalue weighted by atomic mass is 19.4. The third kappa shape index (κ3) is 3.00. The summed E-state index contributed by atoms with van der Waals surface area (Å²) in [4.78, 5) is 12.8. The number of alkyl halides is 3. The van der Waals surface area contributed by atoms with Gasteiger partial charge in [0, 0.05) is 18.8 Å². The van der Waals surface area contributed by atoms with Gasteiger partial charge in [-0.2, -0.15) is 13.2 Å². The molecule has 0 saturated carbocycles. The lowest BCUT2D eigenvalue weighted by Crippen LogP contribution is -2.41. The van der Waals surface area contributed by atoms with E-state index in [1.54, 1.807) is 11.0 Å². The van der Waals surface area contributed by atoms with E-state index < -0.39 is 17.6 Å². The monoisotopic (exact) mass is 272 g/mol. The number of nitrogens with two attached hydrogens (primary N) is 1. The van der Waals surface area contributed by atoms with Crippen LogP contribution in [-0.4, -0.2) is 19.0 Å². The number of carbonyl (C=O) groups is 1. The van der Waals surface area contributed by atoms with Gasteiger partial charge in [-0.05, 0) is 25.0 Å². The van der Waals surface area contributed by atoms with Crippen molar-refractivity contribution in [2.45, 2.75) is 19.0 Å². The van der Waals surface area contributed by atoms with Crippen molar-refractivity contribution in [3.63, 3.8) is 0 Å². The first kappa shape index (κ1) is 13.7. The van der Waals surface area contributed by atoms with E-state index in [2.05, 4.69) is 0 Å². The molecule has 1 aliphatic rings. The van der Waals surface area contributed by atoms with Gasteiger partial charge in [-0.1, -0.05) is 12.1 Å². The van der Waals surface area contributed by atoms with Crippen molar-refractivity contribution < 1.29 is 18.0 Å². The number of rotatable bonds is 2. The minimum atomic E-state index is -4.39. The average molecular weight is 272 g/mol. The van der Waals surface area contributed by atoms with Crippen molar-refractivity contribution >= 4 is 11.6 Å². The molecule has 0 aromatic heterocycles. The zero-order valence-electron chi connectivity index (χ0n) is 10.3. The third-order valence-corrected chi connectivity index (χ3v) is 3.37. The summed E-state index contributed by atoms with van der Waals surface area (Å²) in [5.74, 6) is -0.829. The van der Waals surface area contributed by atoms with Crippen molar-refractivity contribution in [1.82, 2.24) is 0 Å². The summed E-state index contributed by atoms with van der Waals surface area (Å²) < 4.78 is 38.8. The Hall–Kier alpha value is -1.72. The number of halogens is 3. The van der Waals surface area contributed by atoms with Crippen LogP contribution in [0.2, 0.25) is 0 Å². The summed E-state index contributed by atoms with van der Waals surface area (Å²) in [6.45, 7) is 0.763. The predicted octanol–water partition coefficient (Wildman–Crippen LogP) is 2.41. The summed E-state index contributed by atoms with van der Waals surface area (Å²) >= 11 is 0. The van der Waals surface area contributed by atoms with Crippen LogP contribution in [0.5, 0.6) is 0 Å². The Morgan fingerprint density at radius 1 is 1.32 bits per heavy atom. The van der Waals surface area contributed by atoms with Gasteiger partial charge in [0.2, 0.25) is 5.91 Å². The fourth-order valence-electron chi connectivity index (χ4n) is 2.42. The fourth-order valence-corrected chi connectivity index (χ4v) is 2.42. The smallest absolute Gasteiger partial charge is 0.370 e. The molecule has 1 aliphatic heterocycles.